The minimum atomic E-state index is 0.627. The molecule has 0 aliphatic carbocycles. The summed E-state index contributed by atoms with van der Waals surface area (Å²) in [6.07, 6.45) is 2.59. The number of hydrogen-bond donors (Lipinski definition) is 2. The molecule has 2 aliphatic heterocycles. The van der Waals surface area contributed by atoms with Gasteiger partial charge in [-0.05, 0) is 44.0 Å². The topological polar surface area (TPSA) is 52.1 Å². The molecule has 6 nitrogen and oxygen atoms in total. The standard InChI is InChI=1S/C22H37N5O/c1-3-23-22(25-17-21-10-7-11-27(21)4-2)24-16-19-8-5-6-9-20(19)18-26-12-14-28-15-13-26/h5-6,8-9,21H,3-4,7,10-18H2,1-2H3,(H2,23,24,25). The lowest BCUT2D eigenvalue weighted by Crippen LogP contribution is -2.44. The average Bonchev–Trinajstić information content (AvgIpc) is 3.19. The van der Waals surface area contributed by atoms with E-state index in [9.17, 15) is 0 Å². The van der Waals surface area contributed by atoms with Gasteiger partial charge in [-0.15, -0.1) is 0 Å². The number of likely N-dealkylation sites (N-methyl/N-ethyl adjacent to an activating group) is 1. The fourth-order valence-corrected chi connectivity index (χ4v) is 4.13. The van der Waals surface area contributed by atoms with Crippen LogP contribution < -0.4 is 10.6 Å². The van der Waals surface area contributed by atoms with Crippen molar-refractivity contribution in [1.82, 2.24) is 20.4 Å². The number of guanidine groups is 1. The van der Waals surface area contributed by atoms with Gasteiger partial charge in [0, 0.05) is 38.8 Å². The lowest BCUT2D eigenvalue weighted by Gasteiger charge is -2.27. The van der Waals surface area contributed by atoms with E-state index >= 15 is 0 Å². The molecule has 28 heavy (non-hydrogen) atoms. The van der Waals surface area contributed by atoms with Crippen LogP contribution in [0.3, 0.4) is 0 Å². The molecule has 0 amide bonds. The molecule has 2 aliphatic rings. The van der Waals surface area contributed by atoms with Gasteiger partial charge in [0.2, 0.25) is 0 Å². The molecule has 0 saturated carbocycles. The summed E-state index contributed by atoms with van der Waals surface area (Å²) < 4.78 is 5.47. The number of aliphatic imine (C=N–C) groups is 1. The SMILES string of the molecule is CCNC(=NCc1ccccc1CN1CCOCC1)NCC1CCCN1CC. The summed E-state index contributed by atoms with van der Waals surface area (Å²) in [5.74, 6) is 0.923. The van der Waals surface area contributed by atoms with Crippen molar-refractivity contribution in [3.05, 3.63) is 35.4 Å². The molecule has 2 fully saturated rings. The van der Waals surface area contributed by atoms with Crippen molar-refractivity contribution in [3.63, 3.8) is 0 Å². The quantitative estimate of drug-likeness (QED) is 0.528. The number of morpholine rings is 1. The molecule has 1 unspecified atom stereocenters. The second-order valence-corrected chi connectivity index (χ2v) is 7.66. The van der Waals surface area contributed by atoms with Crippen LogP contribution in [0.1, 0.15) is 37.8 Å². The third-order valence-electron chi connectivity index (χ3n) is 5.78. The van der Waals surface area contributed by atoms with Gasteiger partial charge in [0.25, 0.3) is 0 Å². The van der Waals surface area contributed by atoms with Crippen LogP contribution in [0, 0.1) is 0 Å². The Labute approximate surface area is 170 Å². The molecule has 1 atom stereocenters. The predicted molar refractivity (Wildman–Crippen MR) is 116 cm³/mol. The number of nitrogens with zero attached hydrogens (tertiary/aromatic N) is 3. The fraction of sp³-hybridized carbons (Fsp3) is 0.682. The average molecular weight is 388 g/mol. The summed E-state index contributed by atoms with van der Waals surface area (Å²) in [6, 6.07) is 9.32. The first-order valence-corrected chi connectivity index (χ1v) is 10.9. The third kappa shape index (κ3) is 6.19. The Bertz CT molecular complexity index is 615. The zero-order chi connectivity index (χ0) is 19.6. The largest absolute Gasteiger partial charge is 0.379 e. The molecule has 2 heterocycles. The van der Waals surface area contributed by atoms with E-state index in [-0.39, 0.29) is 0 Å². The van der Waals surface area contributed by atoms with Crippen LogP contribution in [-0.2, 0) is 17.8 Å². The highest BCUT2D eigenvalue weighted by Crippen LogP contribution is 2.16. The zero-order valence-corrected chi connectivity index (χ0v) is 17.6. The summed E-state index contributed by atoms with van der Waals surface area (Å²) >= 11 is 0. The van der Waals surface area contributed by atoms with Crippen molar-refractivity contribution in [1.29, 1.82) is 0 Å². The number of likely N-dealkylation sites (tertiary alicyclic amines) is 1. The number of ether oxygens (including phenoxy) is 1. The van der Waals surface area contributed by atoms with Crippen molar-refractivity contribution in [3.8, 4) is 0 Å². The highest BCUT2D eigenvalue weighted by atomic mass is 16.5. The van der Waals surface area contributed by atoms with Crippen molar-refractivity contribution in [2.75, 3.05) is 52.5 Å². The van der Waals surface area contributed by atoms with E-state index in [2.05, 4.69) is 58.5 Å². The van der Waals surface area contributed by atoms with Crippen molar-refractivity contribution in [2.24, 2.45) is 4.99 Å². The maximum absolute atomic E-state index is 5.47. The van der Waals surface area contributed by atoms with Gasteiger partial charge in [0.15, 0.2) is 5.96 Å². The second-order valence-electron chi connectivity index (χ2n) is 7.66. The van der Waals surface area contributed by atoms with Gasteiger partial charge in [-0.1, -0.05) is 31.2 Å². The summed E-state index contributed by atoms with van der Waals surface area (Å²) in [6.45, 7) is 14.0. The Morgan fingerprint density at radius 2 is 1.89 bits per heavy atom. The zero-order valence-electron chi connectivity index (χ0n) is 17.6. The van der Waals surface area contributed by atoms with Crippen LogP contribution in [0.5, 0.6) is 0 Å². The molecule has 156 valence electrons. The van der Waals surface area contributed by atoms with Crippen LogP contribution in [0.15, 0.2) is 29.3 Å². The Morgan fingerprint density at radius 1 is 1.11 bits per heavy atom. The lowest BCUT2D eigenvalue weighted by atomic mass is 10.1. The van der Waals surface area contributed by atoms with Crippen LogP contribution in [0.2, 0.25) is 0 Å². The van der Waals surface area contributed by atoms with Gasteiger partial charge in [-0.25, -0.2) is 4.99 Å². The normalized spacial score (nSPS) is 21.8. The Kier molecular flexibility index (Phi) is 8.58. The highest BCUT2D eigenvalue weighted by molar-refractivity contribution is 5.79. The van der Waals surface area contributed by atoms with Crippen molar-refractivity contribution >= 4 is 5.96 Å². The van der Waals surface area contributed by atoms with E-state index in [1.807, 2.05) is 0 Å². The maximum Gasteiger partial charge on any atom is 0.191 e. The maximum atomic E-state index is 5.47. The van der Waals surface area contributed by atoms with Crippen LogP contribution in [0.4, 0.5) is 0 Å². The summed E-state index contributed by atoms with van der Waals surface area (Å²) in [5.41, 5.74) is 2.68. The molecule has 1 aromatic carbocycles. The van der Waals surface area contributed by atoms with Crippen molar-refractivity contribution < 1.29 is 4.74 Å². The Balaban J connectivity index is 1.59. The van der Waals surface area contributed by atoms with Crippen molar-refractivity contribution in [2.45, 2.75) is 45.8 Å². The highest BCUT2D eigenvalue weighted by Gasteiger charge is 2.22. The number of hydrogen-bond acceptors (Lipinski definition) is 4. The number of benzene rings is 1. The predicted octanol–water partition coefficient (Wildman–Crippen LogP) is 2.06. The van der Waals surface area contributed by atoms with E-state index in [0.717, 1.165) is 58.4 Å². The molecule has 0 bridgehead atoms. The molecule has 2 N–H and O–H groups in total. The van der Waals surface area contributed by atoms with E-state index in [1.165, 1.54) is 30.5 Å². The van der Waals surface area contributed by atoms with Gasteiger partial charge in [0.1, 0.15) is 0 Å². The molecule has 6 heteroatoms. The molecule has 0 radical (unpaired) electrons. The molecule has 2 saturated heterocycles. The molecular weight excluding hydrogens is 350 g/mol. The first-order valence-electron chi connectivity index (χ1n) is 10.9. The van der Waals surface area contributed by atoms with Crippen LogP contribution >= 0.6 is 0 Å². The smallest absolute Gasteiger partial charge is 0.191 e. The first kappa shape index (κ1) is 21.1. The minimum absolute atomic E-state index is 0.627. The molecule has 1 aromatic rings. The second kappa shape index (κ2) is 11.4. The monoisotopic (exact) mass is 387 g/mol. The number of nitrogens with one attached hydrogen (secondary N) is 2. The van der Waals surface area contributed by atoms with Gasteiger partial charge in [0.05, 0.1) is 19.8 Å². The van der Waals surface area contributed by atoms with E-state index in [4.69, 9.17) is 9.73 Å². The Hall–Kier alpha value is -1.63. The van der Waals surface area contributed by atoms with Gasteiger partial charge >= 0.3 is 0 Å². The van der Waals surface area contributed by atoms with Gasteiger partial charge in [-0.3, -0.25) is 9.80 Å². The first-order chi connectivity index (χ1) is 13.8. The molecule has 3 rings (SSSR count). The van der Waals surface area contributed by atoms with E-state index in [1.54, 1.807) is 0 Å². The van der Waals surface area contributed by atoms with Crippen LogP contribution in [0.25, 0.3) is 0 Å². The minimum Gasteiger partial charge on any atom is -0.379 e. The third-order valence-corrected chi connectivity index (χ3v) is 5.78. The van der Waals surface area contributed by atoms with Gasteiger partial charge < -0.3 is 15.4 Å². The van der Waals surface area contributed by atoms with E-state index < -0.39 is 0 Å². The molecular formula is C22H37N5O. The summed E-state index contributed by atoms with van der Waals surface area (Å²) in [5, 5.41) is 6.97. The molecule has 0 spiro atoms. The Morgan fingerprint density at radius 3 is 2.64 bits per heavy atom. The summed E-state index contributed by atoms with van der Waals surface area (Å²) in [7, 11) is 0. The fourth-order valence-electron chi connectivity index (χ4n) is 4.13. The van der Waals surface area contributed by atoms with Crippen LogP contribution in [-0.4, -0.2) is 74.3 Å². The lowest BCUT2D eigenvalue weighted by molar-refractivity contribution is 0.0341. The summed E-state index contributed by atoms with van der Waals surface area (Å²) in [4.78, 5) is 9.91. The van der Waals surface area contributed by atoms with E-state index in [0.29, 0.717) is 12.6 Å². The van der Waals surface area contributed by atoms with Gasteiger partial charge in [-0.2, -0.15) is 0 Å². The molecule has 0 aromatic heterocycles. The number of rotatable bonds is 8.